The van der Waals surface area contributed by atoms with Crippen LogP contribution in [0.4, 0.5) is 17.1 Å². The summed E-state index contributed by atoms with van der Waals surface area (Å²) < 4.78 is 5.97. The zero-order valence-corrected chi connectivity index (χ0v) is 12.3. The topological polar surface area (TPSA) is 60.2 Å². The lowest BCUT2D eigenvalue weighted by Gasteiger charge is -2.14. The Bertz CT molecular complexity index is 540. The van der Waals surface area contributed by atoms with E-state index in [9.17, 15) is 0 Å². The second-order valence-electron chi connectivity index (χ2n) is 4.11. The van der Waals surface area contributed by atoms with Gasteiger partial charge in [0.05, 0.1) is 28.7 Å². The Hall–Kier alpha value is -1.59. The average molecular weight is 322 g/mol. The van der Waals surface area contributed by atoms with E-state index in [1.807, 2.05) is 18.2 Å². The molecular weight excluding hydrogens is 306 g/mol. The zero-order valence-electron chi connectivity index (χ0n) is 10.7. The normalized spacial score (nSPS) is 10.4. The Balaban J connectivity index is 2.28. The maximum absolute atomic E-state index is 5.94. The zero-order chi connectivity index (χ0) is 13.7. The molecule has 0 aliphatic heterocycles. The first-order chi connectivity index (χ1) is 9.22. The molecule has 4 nitrogen and oxygen atoms in total. The number of nitrogens with two attached hydrogens (primary N) is 1. The van der Waals surface area contributed by atoms with Crippen molar-refractivity contribution in [3.05, 3.63) is 46.7 Å². The van der Waals surface area contributed by atoms with Crippen molar-refractivity contribution >= 4 is 33.0 Å². The molecule has 2 aromatic rings. The van der Waals surface area contributed by atoms with Crippen LogP contribution in [-0.2, 0) is 11.2 Å². The number of rotatable bonds is 5. The Morgan fingerprint density at radius 2 is 2.11 bits per heavy atom. The van der Waals surface area contributed by atoms with Crippen LogP contribution in [0.3, 0.4) is 0 Å². The molecule has 5 heteroatoms. The Morgan fingerprint density at radius 3 is 2.84 bits per heavy atom. The van der Waals surface area contributed by atoms with Crippen LogP contribution in [0, 0.1) is 0 Å². The van der Waals surface area contributed by atoms with E-state index in [0.29, 0.717) is 12.3 Å². The Labute approximate surface area is 121 Å². The lowest BCUT2D eigenvalue weighted by atomic mass is 10.1. The molecule has 0 aliphatic carbocycles. The van der Waals surface area contributed by atoms with Gasteiger partial charge in [0.1, 0.15) is 0 Å². The van der Waals surface area contributed by atoms with Crippen molar-refractivity contribution in [3.8, 4) is 0 Å². The van der Waals surface area contributed by atoms with Crippen LogP contribution in [0.2, 0.25) is 0 Å². The van der Waals surface area contributed by atoms with Gasteiger partial charge in [0.2, 0.25) is 0 Å². The van der Waals surface area contributed by atoms with Crippen LogP contribution in [0.25, 0.3) is 0 Å². The number of nitrogen functional groups attached to an aromatic ring is 1. The van der Waals surface area contributed by atoms with Crippen LogP contribution in [0.1, 0.15) is 5.56 Å². The number of hydrogen-bond donors (Lipinski definition) is 2. The first kappa shape index (κ1) is 13.8. The fraction of sp³-hybridized carbons (Fsp3) is 0.214. The molecule has 1 aromatic carbocycles. The van der Waals surface area contributed by atoms with Gasteiger partial charge in [-0.1, -0.05) is 18.2 Å². The number of para-hydroxylation sites is 1. The minimum atomic E-state index is 0.607. The van der Waals surface area contributed by atoms with Crippen molar-refractivity contribution in [1.29, 1.82) is 0 Å². The van der Waals surface area contributed by atoms with Crippen molar-refractivity contribution in [1.82, 2.24) is 4.98 Å². The third-order valence-electron chi connectivity index (χ3n) is 2.78. The fourth-order valence-corrected chi connectivity index (χ4v) is 2.24. The first-order valence-corrected chi connectivity index (χ1v) is 6.74. The molecule has 0 bridgehead atoms. The van der Waals surface area contributed by atoms with E-state index in [4.69, 9.17) is 10.5 Å². The first-order valence-electron chi connectivity index (χ1n) is 5.95. The molecule has 1 aromatic heterocycles. The van der Waals surface area contributed by atoms with Crippen LogP contribution >= 0.6 is 15.9 Å². The van der Waals surface area contributed by atoms with Gasteiger partial charge in [0, 0.05) is 19.0 Å². The predicted octanol–water partition coefficient (Wildman–Crippen LogP) is 3.36. The van der Waals surface area contributed by atoms with E-state index < -0.39 is 0 Å². The third kappa shape index (κ3) is 3.45. The van der Waals surface area contributed by atoms with Gasteiger partial charge in [0.15, 0.2) is 0 Å². The molecule has 0 fully saturated rings. The number of aromatic nitrogens is 1. The molecular formula is C14H16BrN3O. The van der Waals surface area contributed by atoms with Crippen molar-refractivity contribution in [3.63, 3.8) is 0 Å². The van der Waals surface area contributed by atoms with E-state index in [1.54, 1.807) is 19.5 Å². The molecule has 0 saturated heterocycles. The highest BCUT2D eigenvalue weighted by molar-refractivity contribution is 9.10. The van der Waals surface area contributed by atoms with Crippen LogP contribution in [0.5, 0.6) is 0 Å². The highest BCUT2D eigenvalue weighted by atomic mass is 79.9. The summed E-state index contributed by atoms with van der Waals surface area (Å²) in [5.41, 5.74) is 9.59. The maximum atomic E-state index is 5.94. The summed E-state index contributed by atoms with van der Waals surface area (Å²) in [7, 11) is 1.70. The summed E-state index contributed by atoms with van der Waals surface area (Å²) in [5.74, 6) is 0. The number of methoxy groups -OCH3 is 1. The van der Waals surface area contributed by atoms with Gasteiger partial charge in [0.25, 0.3) is 0 Å². The summed E-state index contributed by atoms with van der Waals surface area (Å²) >= 11 is 3.45. The number of nitrogens with zero attached hydrogens (tertiary/aromatic N) is 1. The molecule has 0 atom stereocenters. The molecule has 100 valence electrons. The molecule has 0 spiro atoms. The van der Waals surface area contributed by atoms with E-state index in [0.717, 1.165) is 22.3 Å². The van der Waals surface area contributed by atoms with Crippen molar-refractivity contribution in [2.24, 2.45) is 0 Å². The molecule has 3 N–H and O–H groups in total. The average Bonchev–Trinajstić information content (AvgIpc) is 2.42. The third-order valence-corrected chi connectivity index (χ3v) is 3.38. The van der Waals surface area contributed by atoms with Gasteiger partial charge in [-0.2, -0.15) is 0 Å². The van der Waals surface area contributed by atoms with Crippen LogP contribution in [-0.4, -0.2) is 18.7 Å². The second-order valence-corrected chi connectivity index (χ2v) is 4.96. The standard InChI is InChI=1S/C14H16BrN3O/c1-19-7-6-10-4-2-3-5-13(10)18-14-11(15)8-17-9-12(14)16/h2-5,8-9H,6-7,16H2,1H3,(H,17,18). The summed E-state index contributed by atoms with van der Waals surface area (Å²) in [5, 5.41) is 3.35. The molecule has 19 heavy (non-hydrogen) atoms. The summed E-state index contributed by atoms with van der Waals surface area (Å²) in [4.78, 5) is 4.03. The lowest BCUT2D eigenvalue weighted by Crippen LogP contribution is -2.02. The van der Waals surface area contributed by atoms with E-state index in [-0.39, 0.29) is 0 Å². The number of benzene rings is 1. The molecule has 0 saturated carbocycles. The number of hydrogen-bond acceptors (Lipinski definition) is 4. The van der Waals surface area contributed by atoms with Crippen LogP contribution < -0.4 is 11.1 Å². The largest absolute Gasteiger partial charge is 0.396 e. The molecule has 1 heterocycles. The van der Waals surface area contributed by atoms with E-state index >= 15 is 0 Å². The molecule has 2 rings (SSSR count). The monoisotopic (exact) mass is 321 g/mol. The number of ether oxygens (including phenoxy) is 1. The molecule has 0 aliphatic rings. The minimum absolute atomic E-state index is 0.607. The SMILES string of the molecule is COCCc1ccccc1Nc1c(N)cncc1Br. The van der Waals surface area contributed by atoms with Gasteiger partial charge in [-0.25, -0.2) is 0 Å². The van der Waals surface area contributed by atoms with E-state index in [1.165, 1.54) is 5.56 Å². The quantitative estimate of drug-likeness (QED) is 0.886. The molecule has 0 radical (unpaired) electrons. The van der Waals surface area contributed by atoms with Gasteiger partial charge in [-0.15, -0.1) is 0 Å². The number of nitrogens with one attached hydrogen (secondary N) is 1. The highest BCUT2D eigenvalue weighted by Crippen LogP contribution is 2.31. The number of pyridine rings is 1. The van der Waals surface area contributed by atoms with Crippen molar-refractivity contribution < 1.29 is 4.74 Å². The van der Waals surface area contributed by atoms with Gasteiger partial charge in [-0.3, -0.25) is 4.98 Å². The van der Waals surface area contributed by atoms with Crippen LogP contribution in [0.15, 0.2) is 41.1 Å². The molecule has 0 amide bonds. The van der Waals surface area contributed by atoms with Crippen molar-refractivity contribution in [2.45, 2.75) is 6.42 Å². The maximum Gasteiger partial charge on any atom is 0.0794 e. The summed E-state index contributed by atoms with van der Waals surface area (Å²) in [6.45, 7) is 0.686. The summed E-state index contributed by atoms with van der Waals surface area (Å²) in [6, 6.07) is 8.11. The second kappa shape index (κ2) is 6.54. The predicted molar refractivity (Wildman–Crippen MR) is 81.7 cm³/mol. The number of halogens is 1. The Morgan fingerprint density at radius 1 is 1.32 bits per heavy atom. The Kier molecular flexibility index (Phi) is 4.76. The van der Waals surface area contributed by atoms with Gasteiger partial charge < -0.3 is 15.8 Å². The van der Waals surface area contributed by atoms with Gasteiger partial charge in [-0.05, 0) is 34.0 Å². The minimum Gasteiger partial charge on any atom is -0.396 e. The summed E-state index contributed by atoms with van der Waals surface area (Å²) in [6.07, 6.45) is 4.20. The number of anilines is 3. The van der Waals surface area contributed by atoms with Crippen molar-refractivity contribution in [2.75, 3.05) is 24.8 Å². The van der Waals surface area contributed by atoms with E-state index in [2.05, 4.69) is 32.3 Å². The fourth-order valence-electron chi connectivity index (χ4n) is 1.79. The van der Waals surface area contributed by atoms with Gasteiger partial charge >= 0.3 is 0 Å². The lowest BCUT2D eigenvalue weighted by molar-refractivity contribution is 0.202. The smallest absolute Gasteiger partial charge is 0.0794 e. The molecule has 0 unspecified atom stereocenters. The highest BCUT2D eigenvalue weighted by Gasteiger charge is 2.07.